The van der Waals surface area contributed by atoms with E-state index in [-0.39, 0.29) is 6.61 Å². The van der Waals surface area contributed by atoms with E-state index in [0.717, 1.165) is 24.9 Å². The number of aliphatic hydroxyl groups excluding tert-OH is 1. The van der Waals surface area contributed by atoms with Crippen molar-refractivity contribution in [3.63, 3.8) is 0 Å². The molecular weight excluding hydrogens is 250 g/mol. The van der Waals surface area contributed by atoms with Gasteiger partial charge < -0.3 is 15.2 Å². The lowest BCUT2D eigenvalue weighted by molar-refractivity contribution is 0.0113. The Morgan fingerprint density at radius 2 is 1.75 bits per heavy atom. The van der Waals surface area contributed by atoms with Gasteiger partial charge in [-0.2, -0.15) is 0 Å². The molecule has 3 nitrogen and oxygen atoms in total. The van der Waals surface area contributed by atoms with Crippen LogP contribution in [0.4, 0.5) is 0 Å². The van der Waals surface area contributed by atoms with Gasteiger partial charge in [-0.25, -0.2) is 0 Å². The molecule has 0 bridgehead atoms. The fraction of sp³-hybridized carbons (Fsp3) is 0.647. The maximum absolute atomic E-state index is 9.01. The Balaban J connectivity index is 1.67. The van der Waals surface area contributed by atoms with Crippen LogP contribution >= 0.6 is 0 Å². The monoisotopic (exact) mass is 277 g/mol. The van der Waals surface area contributed by atoms with E-state index in [1.807, 2.05) is 24.3 Å². The summed E-state index contributed by atoms with van der Waals surface area (Å²) in [6.45, 7) is 4.14. The first-order valence-electron chi connectivity index (χ1n) is 7.85. The van der Waals surface area contributed by atoms with Gasteiger partial charge in [0.1, 0.15) is 0 Å². The van der Waals surface area contributed by atoms with E-state index in [2.05, 4.69) is 12.2 Å². The quantitative estimate of drug-likeness (QED) is 0.805. The van der Waals surface area contributed by atoms with Gasteiger partial charge in [0.05, 0.1) is 19.3 Å². The standard InChI is InChI=1S/C17H27NO2/c1-2-11-18-16-7-9-17(10-8-16)20-13-15-5-3-14(12-19)4-6-15/h3-6,16-19H,2,7-13H2,1H3. The van der Waals surface area contributed by atoms with Gasteiger partial charge in [-0.15, -0.1) is 0 Å². The number of benzene rings is 1. The van der Waals surface area contributed by atoms with Crippen LogP contribution in [-0.4, -0.2) is 23.8 Å². The van der Waals surface area contributed by atoms with Crippen molar-refractivity contribution >= 4 is 0 Å². The van der Waals surface area contributed by atoms with Gasteiger partial charge in [0.25, 0.3) is 0 Å². The smallest absolute Gasteiger partial charge is 0.0720 e. The van der Waals surface area contributed by atoms with Gasteiger partial charge in [-0.1, -0.05) is 31.2 Å². The number of ether oxygens (including phenoxy) is 1. The molecule has 0 atom stereocenters. The van der Waals surface area contributed by atoms with Crippen molar-refractivity contribution in [3.8, 4) is 0 Å². The highest BCUT2D eigenvalue weighted by Crippen LogP contribution is 2.22. The SMILES string of the molecule is CCCNC1CCC(OCc2ccc(CO)cc2)CC1. The van der Waals surface area contributed by atoms with E-state index in [1.165, 1.54) is 24.8 Å². The van der Waals surface area contributed by atoms with E-state index < -0.39 is 0 Å². The zero-order chi connectivity index (χ0) is 14.2. The van der Waals surface area contributed by atoms with Crippen molar-refractivity contribution < 1.29 is 9.84 Å². The van der Waals surface area contributed by atoms with Crippen LogP contribution in [0.3, 0.4) is 0 Å². The summed E-state index contributed by atoms with van der Waals surface area (Å²) in [5.41, 5.74) is 2.14. The van der Waals surface area contributed by atoms with E-state index in [9.17, 15) is 0 Å². The minimum atomic E-state index is 0.107. The largest absolute Gasteiger partial charge is 0.392 e. The highest BCUT2D eigenvalue weighted by atomic mass is 16.5. The first-order valence-corrected chi connectivity index (χ1v) is 7.85. The van der Waals surface area contributed by atoms with Crippen molar-refractivity contribution in [2.24, 2.45) is 0 Å². The van der Waals surface area contributed by atoms with Crippen molar-refractivity contribution in [2.75, 3.05) is 6.54 Å². The molecule has 0 heterocycles. The van der Waals surface area contributed by atoms with Gasteiger partial charge in [-0.05, 0) is 49.8 Å². The molecule has 1 aromatic rings. The van der Waals surface area contributed by atoms with Gasteiger partial charge in [0.2, 0.25) is 0 Å². The molecule has 0 aliphatic heterocycles. The Labute approximate surface area is 122 Å². The number of hydrogen-bond donors (Lipinski definition) is 2. The van der Waals surface area contributed by atoms with E-state index in [0.29, 0.717) is 18.8 Å². The van der Waals surface area contributed by atoms with Crippen LogP contribution < -0.4 is 5.32 Å². The number of aliphatic hydroxyl groups is 1. The molecule has 0 spiro atoms. The molecule has 20 heavy (non-hydrogen) atoms. The second-order valence-corrected chi connectivity index (χ2v) is 5.71. The Kier molecular flexibility index (Phi) is 6.51. The van der Waals surface area contributed by atoms with Crippen LogP contribution in [0, 0.1) is 0 Å². The summed E-state index contributed by atoms with van der Waals surface area (Å²) in [6, 6.07) is 8.70. The van der Waals surface area contributed by atoms with Gasteiger partial charge in [0.15, 0.2) is 0 Å². The summed E-state index contributed by atoms with van der Waals surface area (Å²) in [4.78, 5) is 0. The lowest BCUT2D eigenvalue weighted by Gasteiger charge is -2.29. The number of hydrogen-bond acceptors (Lipinski definition) is 3. The molecule has 2 N–H and O–H groups in total. The average molecular weight is 277 g/mol. The molecule has 0 radical (unpaired) electrons. The third kappa shape index (κ3) is 4.89. The maximum Gasteiger partial charge on any atom is 0.0720 e. The van der Waals surface area contributed by atoms with Crippen molar-refractivity contribution in [1.82, 2.24) is 5.32 Å². The summed E-state index contributed by atoms with van der Waals surface area (Å²) < 4.78 is 6.01. The molecule has 112 valence electrons. The molecule has 0 aromatic heterocycles. The minimum absolute atomic E-state index is 0.107. The first kappa shape index (κ1) is 15.5. The van der Waals surface area contributed by atoms with Gasteiger partial charge in [0, 0.05) is 6.04 Å². The molecule has 0 saturated heterocycles. The fourth-order valence-electron chi connectivity index (χ4n) is 2.74. The highest BCUT2D eigenvalue weighted by molar-refractivity contribution is 5.21. The van der Waals surface area contributed by atoms with Crippen LogP contribution in [0.2, 0.25) is 0 Å². The third-order valence-corrected chi connectivity index (χ3v) is 4.05. The molecule has 1 fully saturated rings. The number of rotatable bonds is 7. The molecule has 1 aliphatic carbocycles. The Morgan fingerprint density at radius 3 is 2.35 bits per heavy atom. The first-order chi connectivity index (χ1) is 9.81. The average Bonchev–Trinajstić information content (AvgIpc) is 2.52. The van der Waals surface area contributed by atoms with Crippen LogP contribution in [-0.2, 0) is 18.0 Å². The van der Waals surface area contributed by atoms with E-state index in [4.69, 9.17) is 9.84 Å². The van der Waals surface area contributed by atoms with Crippen LogP contribution in [0.15, 0.2) is 24.3 Å². The van der Waals surface area contributed by atoms with E-state index >= 15 is 0 Å². The second kappa shape index (κ2) is 8.40. The predicted molar refractivity (Wildman–Crippen MR) is 81.5 cm³/mol. The van der Waals surface area contributed by atoms with Crippen molar-refractivity contribution in [3.05, 3.63) is 35.4 Å². The zero-order valence-electron chi connectivity index (χ0n) is 12.5. The third-order valence-electron chi connectivity index (χ3n) is 4.05. The zero-order valence-corrected chi connectivity index (χ0v) is 12.5. The van der Waals surface area contributed by atoms with Crippen LogP contribution in [0.25, 0.3) is 0 Å². The fourth-order valence-corrected chi connectivity index (χ4v) is 2.74. The summed E-state index contributed by atoms with van der Waals surface area (Å²) >= 11 is 0. The molecule has 1 aromatic carbocycles. The van der Waals surface area contributed by atoms with Crippen molar-refractivity contribution in [2.45, 2.75) is 64.4 Å². The van der Waals surface area contributed by atoms with E-state index in [1.54, 1.807) is 0 Å². The lowest BCUT2D eigenvalue weighted by Crippen LogP contribution is -2.35. The Hall–Kier alpha value is -0.900. The lowest BCUT2D eigenvalue weighted by atomic mass is 9.93. The molecule has 3 heteroatoms. The van der Waals surface area contributed by atoms with Gasteiger partial charge in [-0.3, -0.25) is 0 Å². The minimum Gasteiger partial charge on any atom is -0.392 e. The molecule has 0 unspecified atom stereocenters. The maximum atomic E-state index is 9.01. The molecule has 0 amide bonds. The molecule has 2 rings (SSSR count). The van der Waals surface area contributed by atoms with Crippen molar-refractivity contribution in [1.29, 1.82) is 0 Å². The summed E-state index contributed by atoms with van der Waals surface area (Å²) in [5, 5.41) is 12.6. The molecule has 1 saturated carbocycles. The Morgan fingerprint density at radius 1 is 1.10 bits per heavy atom. The normalized spacial score (nSPS) is 22.9. The Bertz CT molecular complexity index is 369. The van der Waals surface area contributed by atoms with Crippen LogP contribution in [0.1, 0.15) is 50.2 Å². The summed E-state index contributed by atoms with van der Waals surface area (Å²) in [7, 11) is 0. The number of nitrogens with one attached hydrogen (secondary N) is 1. The van der Waals surface area contributed by atoms with Crippen LogP contribution in [0.5, 0.6) is 0 Å². The molecule has 1 aliphatic rings. The topological polar surface area (TPSA) is 41.5 Å². The van der Waals surface area contributed by atoms with Gasteiger partial charge >= 0.3 is 0 Å². The second-order valence-electron chi connectivity index (χ2n) is 5.71. The predicted octanol–water partition coefficient (Wildman–Crippen LogP) is 3.01. The molecular formula is C17H27NO2. The summed E-state index contributed by atoms with van der Waals surface area (Å²) in [5.74, 6) is 0. The highest BCUT2D eigenvalue weighted by Gasteiger charge is 2.20. The summed E-state index contributed by atoms with van der Waals surface area (Å²) in [6.07, 6.45) is 6.40.